The summed E-state index contributed by atoms with van der Waals surface area (Å²) in [5.74, 6) is 15.0. The van der Waals surface area contributed by atoms with Crippen molar-refractivity contribution in [3.8, 4) is 35.2 Å². The molecular formula is C26H28O2. The van der Waals surface area contributed by atoms with Gasteiger partial charge in [0.25, 0.3) is 0 Å². The molecule has 0 spiro atoms. The highest BCUT2D eigenvalue weighted by molar-refractivity contribution is 5.50. The molecule has 0 aliphatic heterocycles. The molecule has 0 aliphatic rings. The highest BCUT2D eigenvalue weighted by Gasteiger charge is 2.02. The van der Waals surface area contributed by atoms with E-state index in [-0.39, 0.29) is 0 Å². The first-order chi connectivity index (χ1) is 13.7. The highest BCUT2D eigenvalue weighted by atomic mass is 16.5. The Morgan fingerprint density at radius 3 is 1.29 bits per heavy atom. The number of hydrogen-bond donors (Lipinski definition) is 0. The van der Waals surface area contributed by atoms with Gasteiger partial charge in [0.15, 0.2) is 0 Å². The van der Waals surface area contributed by atoms with Crippen molar-refractivity contribution in [2.45, 2.75) is 39.5 Å². The summed E-state index contributed by atoms with van der Waals surface area (Å²) in [4.78, 5) is 0. The molecule has 144 valence electrons. The predicted molar refractivity (Wildman–Crippen MR) is 117 cm³/mol. The fraction of sp³-hybridized carbons (Fsp3) is 0.308. The highest BCUT2D eigenvalue weighted by Crippen LogP contribution is 2.17. The average Bonchev–Trinajstić information content (AvgIpc) is 2.75. The van der Waals surface area contributed by atoms with Crippen LogP contribution in [0, 0.1) is 23.7 Å². The Morgan fingerprint density at radius 1 is 0.643 bits per heavy atom. The largest absolute Gasteiger partial charge is 0.497 e. The van der Waals surface area contributed by atoms with Gasteiger partial charge >= 0.3 is 0 Å². The smallest absolute Gasteiger partial charge is 0.118 e. The Bertz CT molecular complexity index is 818. The Morgan fingerprint density at radius 2 is 1.00 bits per heavy atom. The van der Waals surface area contributed by atoms with Crippen LogP contribution in [-0.2, 0) is 0 Å². The number of ether oxygens (including phenoxy) is 2. The van der Waals surface area contributed by atoms with Crippen LogP contribution >= 0.6 is 0 Å². The lowest BCUT2D eigenvalue weighted by atomic mass is 9.99. The van der Waals surface area contributed by atoms with Gasteiger partial charge in [-0.1, -0.05) is 50.4 Å². The third kappa shape index (κ3) is 6.57. The third-order valence-electron chi connectivity index (χ3n) is 4.26. The van der Waals surface area contributed by atoms with Crippen molar-refractivity contribution in [2.75, 3.05) is 14.2 Å². The van der Waals surface area contributed by atoms with Crippen LogP contribution in [0.4, 0.5) is 0 Å². The summed E-state index contributed by atoms with van der Waals surface area (Å²) < 4.78 is 10.4. The average molecular weight is 373 g/mol. The van der Waals surface area contributed by atoms with Gasteiger partial charge in [0.05, 0.1) is 14.2 Å². The fourth-order valence-corrected chi connectivity index (χ4v) is 2.72. The van der Waals surface area contributed by atoms with Crippen LogP contribution in [0.25, 0.3) is 0 Å². The zero-order valence-electron chi connectivity index (χ0n) is 17.3. The van der Waals surface area contributed by atoms with E-state index in [9.17, 15) is 0 Å². The van der Waals surface area contributed by atoms with Crippen molar-refractivity contribution in [1.29, 1.82) is 0 Å². The number of allylic oxidation sites excluding steroid dienone is 2. The molecule has 0 heterocycles. The molecule has 0 radical (unpaired) electrons. The molecule has 2 aromatic carbocycles. The van der Waals surface area contributed by atoms with Gasteiger partial charge in [-0.05, 0) is 61.4 Å². The van der Waals surface area contributed by atoms with Gasteiger partial charge in [0, 0.05) is 22.3 Å². The van der Waals surface area contributed by atoms with E-state index in [1.165, 1.54) is 0 Å². The zero-order valence-corrected chi connectivity index (χ0v) is 17.3. The van der Waals surface area contributed by atoms with E-state index in [1.807, 2.05) is 48.5 Å². The van der Waals surface area contributed by atoms with Crippen molar-refractivity contribution in [2.24, 2.45) is 0 Å². The van der Waals surface area contributed by atoms with E-state index >= 15 is 0 Å². The molecule has 0 N–H and O–H groups in total. The first-order valence-electron chi connectivity index (χ1n) is 9.74. The minimum atomic E-state index is 0.840. The maximum atomic E-state index is 5.21. The van der Waals surface area contributed by atoms with E-state index in [0.29, 0.717) is 0 Å². The molecule has 0 saturated carbocycles. The normalized spacial score (nSPS) is 10.7. The van der Waals surface area contributed by atoms with E-state index < -0.39 is 0 Å². The standard InChI is InChI=1S/C26H28O2/c1-5-7-23(15-9-21-11-17-25(27-3)18-12-21)24(8-6-2)16-10-22-13-19-26(28-4)20-14-22/h11-14,17-20H,5-8H2,1-4H3/b24-23+. The molecular weight excluding hydrogens is 344 g/mol. The fourth-order valence-electron chi connectivity index (χ4n) is 2.72. The second-order valence-corrected chi connectivity index (χ2v) is 6.41. The van der Waals surface area contributed by atoms with Crippen molar-refractivity contribution < 1.29 is 9.47 Å². The van der Waals surface area contributed by atoms with E-state index in [2.05, 4.69) is 37.5 Å². The van der Waals surface area contributed by atoms with E-state index in [1.54, 1.807) is 14.2 Å². The molecule has 2 heteroatoms. The molecule has 28 heavy (non-hydrogen) atoms. The Balaban J connectivity index is 2.34. The first-order valence-corrected chi connectivity index (χ1v) is 9.74. The SMILES string of the molecule is CCC/C(C#Cc1ccc(OC)cc1)=C(\C#Cc1ccc(OC)cc1)CCC. The number of benzene rings is 2. The van der Waals surface area contributed by atoms with Crippen LogP contribution in [0.3, 0.4) is 0 Å². The lowest BCUT2D eigenvalue weighted by Crippen LogP contribution is -1.90. The Hall–Kier alpha value is -3.10. The first kappa shape index (κ1) is 21.2. The van der Waals surface area contributed by atoms with Crippen LogP contribution in [-0.4, -0.2) is 14.2 Å². The van der Waals surface area contributed by atoms with Crippen LogP contribution < -0.4 is 9.47 Å². The minimum absolute atomic E-state index is 0.840. The topological polar surface area (TPSA) is 18.5 Å². The van der Waals surface area contributed by atoms with Crippen LogP contribution in [0.15, 0.2) is 59.7 Å². The minimum Gasteiger partial charge on any atom is -0.497 e. The molecule has 0 fully saturated rings. The van der Waals surface area contributed by atoms with Gasteiger partial charge in [-0.3, -0.25) is 0 Å². The molecule has 0 aromatic heterocycles. The van der Waals surface area contributed by atoms with Gasteiger partial charge in [-0.2, -0.15) is 0 Å². The van der Waals surface area contributed by atoms with E-state index in [4.69, 9.17) is 9.47 Å². The monoisotopic (exact) mass is 372 g/mol. The van der Waals surface area contributed by atoms with Crippen LogP contribution in [0.1, 0.15) is 50.7 Å². The van der Waals surface area contributed by atoms with Crippen molar-refractivity contribution in [3.63, 3.8) is 0 Å². The summed E-state index contributed by atoms with van der Waals surface area (Å²) in [5.41, 5.74) is 4.24. The predicted octanol–water partition coefficient (Wildman–Crippen LogP) is 6.00. The second-order valence-electron chi connectivity index (χ2n) is 6.41. The molecule has 0 unspecified atom stereocenters. The molecule has 2 rings (SSSR count). The Kier molecular flexibility index (Phi) is 8.77. The molecule has 2 aromatic rings. The van der Waals surface area contributed by atoms with Gasteiger partial charge in [-0.15, -0.1) is 0 Å². The summed E-state index contributed by atoms with van der Waals surface area (Å²) in [6, 6.07) is 15.7. The maximum absolute atomic E-state index is 5.21. The van der Waals surface area contributed by atoms with Crippen LogP contribution in [0.2, 0.25) is 0 Å². The molecule has 0 amide bonds. The summed E-state index contributed by atoms with van der Waals surface area (Å²) in [6.07, 6.45) is 3.97. The third-order valence-corrected chi connectivity index (χ3v) is 4.26. The second kappa shape index (κ2) is 11.6. The molecule has 0 aliphatic carbocycles. The number of methoxy groups -OCH3 is 2. The van der Waals surface area contributed by atoms with Gasteiger partial charge in [0.1, 0.15) is 11.5 Å². The van der Waals surface area contributed by atoms with E-state index in [0.717, 1.165) is 59.5 Å². The lowest BCUT2D eigenvalue weighted by Gasteiger charge is -2.04. The number of rotatable bonds is 6. The zero-order chi connectivity index (χ0) is 20.2. The van der Waals surface area contributed by atoms with Crippen LogP contribution in [0.5, 0.6) is 11.5 Å². The molecule has 0 saturated heterocycles. The van der Waals surface area contributed by atoms with Gasteiger partial charge in [0.2, 0.25) is 0 Å². The summed E-state index contributed by atoms with van der Waals surface area (Å²) >= 11 is 0. The summed E-state index contributed by atoms with van der Waals surface area (Å²) in [5, 5.41) is 0. The van der Waals surface area contributed by atoms with Gasteiger partial charge < -0.3 is 9.47 Å². The lowest BCUT2D eigenvalue weighted by molar-refractivity contribution is 0.414. The molecule has 2 nitrogen and oxygen atoms in total. The van der Waals surface area contributed by atoms with Gasteiger partial charge in [-0.25, -0.2) is 0 Å². The summed E-state index contributed by atoms with van der Waals surface area (Å²) in [7, 11) is 3.34. The number of hydrogen-bond acceptors (Lipinski definition) is 2. The quantitative estimate of drug-likeness (QED) is 0.579. The maximum Gasteiger partial charge on any atom is 0.118 e. The molecule has 0 atom stereocenters. The van der Waals surface area contributed by atoms with Crippen molar-refractivity contribution in [3.05, 3.63) is 70.8 Å². The van der Waals surface area contributed by atoms with Crippen molar-refractivity contribution >= 4 is 0 Å². The molecule has 0 bridgehead atoms. The van der Waals surface area contributed by atoms with Crippen molar-refractivity contribution in [1.82, 2.24) is 0 Å². The summed E-state index contributed by atoms with van der Waals surface area (Å²) in [6.45, 7) is 4.35. The Labute approximate surface area is 169 Å².